The van der Waals surface area contributed by atoms with Gasteiger partial charge in [0.15, 0.2) is 0 Å². The van der Waals surface area contributed by atoms with Crippen LogP contribution in [0.15, 0.2) is 11.4 Å². The predicted octanol–water partition coefficient (Wildman–Crippen LogP) is 1.49. The Morgan fingerprint density at radius 3 is 2.95 bits per heavy atom. The topological polar surface area (TPSA) is 64.3 Å². The fourth-order valence-electron chi connectivity index (χ4n) is 1.48. The van der Waals surface area contributed by atoms with Crippen molar-refractivity contribution in [3.8, 4) is 11.8 Å². The van der Waals surface area contributed by atoms with E-state index in [-0.39, 0.29) is 5.91 Å². The predicted molar refractivity (Wildman–Crippen MR) is 77.8 cm³/mol. The molecule has 0 aliphatic heterocycles. The summed E-state index contributed by atoms with van der Waals surface area (Å²) in [4.78, 5) is 13.1. The molecule has 0 saturated heterocycles. The standard InChI is InChI=1S/C14H20N2O2S/c1-4-14(2,18-3)13(17)16-10-12-11(6-5-8-15)7-9-19-12/h7,9H,4,8,10,15H2,1-3H3,(H,16,17). The minimum atomic E-state index is -0.777. The first kappa shape index (κ1) is 15.7. The van der Waals surface area contributed by atoms with Gasteiger partial charge in [0.25, 0.3) is 5.91 Å². The third kappa shape index (κ3) is 4.06. The highest BCUT2D eigenvalue weighted by atomic mass is 32.1. The SMILES string of the molecule is CCC(C)(OC)C(=O)NCc1sccc1C#CCN. The largest absolute Gasteiger partial charge is 0.369 e. The van der Waals surface area contributed by atoms with E-state index in [1.807, 2.05) is 18.4 Å². The van der Waals surface area contributed by atoms with Crippen LogP contribution in [0.4, 0.5) is 0 Å². The Balaban J connectivity index is 2.67. The summed E-state index contributed by atoms with van der Waals surface area (Å²) in [6, 6.07) is 1.93. The summed E-state index contributed by atoms with van der Waals surface area (Å²) in [6.45, 7) is 4.50. The number of rotatable bonds is 5. The monoisotopic (exact) mass is 280 g/mol. The summed E-state index contributed by atoms with van der Waals surface area (Å²) in [5.74, 6) is 5.71. The molecule has 4 nitrogen and oxygen atoms in total. The second kappa shape index (κ2) is 7.29. The van der Waals surface area contributed by atoms with Crippen LogP contribution in [0.25, 0.3) is 0 Å². The number of hydrogen-bond donors (Lipinski definition) is 2. The molecule has 0 fully saturated rings. The summed E-state index contributed by atoms with van der Waals surface area (Å²) < 4.78 is 5.26. The Morgan fingerprint density at radius 2 is 2.37 bits per heavy atom. The minimum Gasteiger partial charge on any atom is -0.369 e. The number of carbonyl (C=O) groups is 1. The first-order chi connectivity index (χ1) is 9.07. The van der Waals surface area contributed by atoms with Crippen LogP contribution in [-0.2, 0) is 16.1 Å². The van der Waals surface area contributed by atoms with Crippen molar-refractivity contribution in [1.82, 2.24) is 5.32 Å². The average Bonchev–Trinajstić information content (AvgIpc) is 2.88. The number of amides is 1. The molecule has 0 saturated carbocycles. The number of hydrogen-bond acceptors (Lipinski definition) is 4. The average molecular weight is 280 g/mol. The molecule has 19 heavy (non-hydrogen) atoms. The smallest absolute Gasteiger partial charge is 0.252 e. The first-order valence-corrected chi connectivity index (χ1v) is 7.04. The van der Waals surface area contributed by atoms with Crippen molar-refractivity contribution in [2.24, 2.45) is 5.73 Å². The van der Waals surface area contributed by atoms with Gasteiger partial charge in [-0.3, -0.25) is 4.79 Å². The lowest BCUT2D eigenvalue weighted by Gasteiger charge is -2.25. The van der Waals surface area contributed by atoms with Crippen LogP contribution >= 0.6 is 11.3 Å². The van der Waals surface area contributed by atoms with E-state index in [1.54, 1.807) is 25.4 Å². The molecule has 1 heterocycles. The van der Waals surface area contributed by atoms with Gasteiger partial charge < -0.3 is 15.8 Å². The summed E-state index contributed by atoms with van der Waals surface area (Å²) >= 11 is 1.57. The van der Waals surface area contributed by atoms with Crippen molar-refractivity contribution in [3.05, 3.63) is 21.9 Å². The van der Waals surface area contributed by atoms with Crippen LogP contribution in [0.5, 0.6) is 0 Å². The van der Waals surface area contributed by atoms with Gasteiger partial charge in [-0.25, -0.2) is 0 Å². The number of carbonyl (C=O) groups excluding carboxylic acids is 1. The van der Waals surface area contributed by atoms with E-state index in [2.05, 4.69) is 17.2 Å². The van der Waals surface area contributed by atoms with Crippen molar-refractivity contribution < 1.29 is 9.53 Å². The zero-order valence-corrected chi connectivity index (χ0v) is 12.4. The van der Waals surface area contributed by atoms with Gasteiger partial charge in [-0.1, -0.05) is 18.8 Å². The van der Waals surface area contributed by atoms with Gasteiger partial charge in [-0.2, -0.15) is 0 Å². The van der Waals surface area contributed by atoms with E-state index < -0.39 is 5.60 Å². The van der Waals surface area contributed by atoms with Gasteiger partial charge >= 0.3 is 0 Å². The maximum Gasteiger partial charge on any atom is 0.252 e. The molecule has 5 heteroatoms. The highest BCUT2D eigenvalue weighted by Gasteiger charge is 2.30. The molecular formula is C14H20N2O2S. The van der Waals surface area contributed by atoms with Gasteiger partial charge in [0.05, 0.1) is 13.1 Å². The van der Waals surface area contributed by atoms with Gasteiger partial charge in [0, 0.05) is 17.6 Å². The number of nitrogens with two attached hydrogens (primary N) is 1. The van der Waals surface area contributed by atoms with Crippen LogP contribution in [0, 0.1) is 11.8 Å². The molecule has 1 aromatic rings. The van der Waals surface area contributed by atoms with Crippen molar-refractivity contribution in [2.45, 2.75) is 32.4 Å². The van der Waals surface area contributed by atoms with Crippen molar-refractivity contribution >= 4 is 17.2 Å². The molecule has 1 rings (SSSR count). The van der Waals surface area contributed by atoms with Crippen molar-refractivity contribution in [2.75, 3.05) is 13.7 Å². The Bertz CT molecular complexity index is 481. The molecule has 0 radical (unpaired) electrons. The molecule has 0 aromatic carbocycles. The second-order valence-electron chi connectivity index (χ2n) is 4.23. The fraction of sp³-hybridized carbons (Fsp3) is 0.500. The Kier molecular flexibility index (Phi) is 6.03. The minimum absolute atomic E-state index is 0.108. The molecule has 1 atom stereocenters. The molecule has 0 bridgehead atoms. The lowest BCUT2D eigenvalue weighted by Crippen LogP contribution is -2.45. The number of nitrogens with one attached hydrogen (secondary N) is 1. The van der Waals surface area contributed by atoms with Gasteiger partial charge in [0.2, 0.25) is 0 Å². The normalized spacial score (nSPS) is 13.3. The van der Waals surface area contributed by atoms with Gasteiger partial charge in [-0.05, 0) is 24.8 Å². The molecular weight excluding hydrogens is 260 g/mol. The van der Waals surface area contributed by atoms with E-state index in [4.69, 9.17) is 10.5 Å². The van der Waals surface area contributed by atoms with Gasteiger partial charge in [0.1, 0.15) is 5.60 Å². The highest BCUT2D eigenvalue weighted by Crippen LogP contribution is 2.17. The zero-order valence-electron chi connectivity index (χ0n) is 11.6. The Hall–Kier alpha value is -1.35. The lowest BCUT2D eigenvalue weighted by molar-refractivity contribution is -0.141. The molecule has 0 spiro atoms. The van der Waals surface area contributed by atoms with E-state index in [0.29, 0.717) is 19.5 Å². The van der Waals surface area contributed by atoms with Crippen LogP contribution in [0.3, 0.4) is 0 Å². The number of thiophene rings is 1. The van der Waals surface area contributed by atoms with Crippen LogP contribution in [0.1, 0.15) is 30.7 Å². The molecule has 1 amide bonds. The van der Waals surface area contributed by atoms with Crippen molar-refractivity contribution in [1.29, 1.82) is 0 Å². The van der Waals surface area contributed by atoms with Crippen molar-refractivity contribution in [3.63, 3.8) is 0 Å². The lowest BCUT2D eigenvalue weighted by atomic mass is 10.0. The van der Waals surface area contributed by atoms with E-state index in [1.165, 1.54) is 0 Å². The molecule has 0 aliphatic rings. The zero-order chi connectivity index (χ0) is 14.3. The maximum absolute atomic E-state index is 12.1. The number of methoxy groups -OCH3 is 1. The first-order valence-electron chi connectivity index (χ1n) is 6.16. The molecule has 3 N–H and O–H groups in total. The van der Waals surface area contributed by atoms with Crippen LogP contribution in [-0.4, -0.2) is 25.2 Å². The molecule has 104 valence electrons. The quantitative estimate of drug-likeness (QED) is 0.803. The summed E-state index contributed by atoms with van der Waals surface area (Å²) in [6.07, 6.45) is 0.625. The summed E-state index contributed by atoms with van der Waals surface area (Å²) in [5.41, 5.74) is 5.50. The maximum atomic E-state index is 12.1. The summed E-state index contributed by atoms with van der Waals surface area (Å²) in [5, 5.41) is 4.85. The Labute approximate surface area is 118 Å². The Morgan fingerprint density at radius 1 is 1.63 bits per heavy atom. The second-order valence-corrected chi connectivity index (χ2v) is 5.24. The van der Waals surface area contributed by atoms with Crippen LogP contribution < -0.4 is 11.1 Å². The summed E-state index contributed by atoms with van der Waals surface area (Å²) in [7, 11) is 1.55. The number of ether oxygens (including phenoxy) is 1. The highest BCUT2D eigenvalue weighted by molar-refractivity contribution is 7.10. The molecule has 1 unspecified atom stereocenters. The van der Waals surface area contributed by atoms with E-state index >= 15 is 0 Å². The van der Waals surface area contributed by atoms with Crippen LogP contribution in [0.2, 0.25) is 0 Å². The third-order valence-corrected chi connectivity index (χ3v) is 4.01. The third-order valence-electron chi connectivity index (χ3n) is 3.09. The van der Waals surface area contributed by atoms with E-state index in [0.717, 1.165) is 10.4 Å². The molecule has 1 aromatic heterocycles. The van der Waals surface area contributed by atoms with E-state index in [9.17, 15) is 4.79 Å². The fourth-order valence-corrected chi connectivity index (χ4v) is 2.25. The van der Waals surface area contributed by atoms with Gasteiger partial charge in [-0.15, -0.1) is 11.3 Å². The molecule has 0 aliphatic carbocycles.